The Morgan fingerprint density at radius 2 is 1.50 bits per heavy atom. The van der Waals surface area contributed by atoms with E-state index in [1.807, 2.05) is 31.0 Å². The normalized spacial score (nSPS) is 22.3. The number of hydrogen-bond donors (Lipinski definition) is 4. The lowest BCUT2D eigenvalue weighted by Crippen LogP contribution is -2.55. The van der Waals surface area contributed by atoms with Gasteiger partial charge in [-0.1, -0.05) is 18.2 Å². The molecule has 4 aliphatic heterocycles. The average molecular weight is 877 g/mol. The summed E-state index contributed by atoms with van der Waals surface area (Å²) in [5.41, 5.74) is 6.51. The predicted octanol–water partition coefficient (Wildman–Crippen LogP) is 6.68. The number of nitrogens with one attached hydrogen (secondary N) is 4. The standard InChI is InChI=1S/C47H56N8O9/c1-24-7-13-36(54(24)45(57)40(53-47(59)62-6)27-15-17-63-18-16-27)42-48-22-35(50-42)29-9-11-31-30(19-29)23-64-38-21-32-28(20-33(31)38)10-12-34-41(32)51-43(49-34)37-14-8-25(2)55(37)44(56)39(26(3)60-4)52-46(58)61-5/h9-12,19-22,24-27,36-37,39-40H,7-8,13-18,23H2,1-6H3,(H,48,50)(H,49,51)(H,52,58)(H,53,59)/t24-,25-,26+,36-,37-,39-,40-/m0/s1. The number of carbonyl (C=O) groups excluding carboxylic acids is 4. The van der Waals surface area contributed by atoms with Gasteiger partial charge in [0.2, 0.25) is 11.8 Å². The number of rotatable bonds is 10. The Morgan fingerprint density at radius 3 is 2.22 bits per heavy atom. The molecule has 17 nitrogen and oxygen atoms in total. The fraction of sp³-hybridized carbons (Fsp3) is 0.489. The summed E-state index contributed by atoms with van der Waals surface area (Å²) in [6.45, 7) is 7.25. The van der Waals surface area contributed by atoms with Crippen molar-refractivity contribution >= 4 is 45.8 Å². The molecule has 4 amide bonds. The number of hydrogen-bond acceptors (Lipinski definition) is 11. The maximum Gasteiger partial charge on any atom is 0.407 e. The molecule has 9 rings (SSSR count). The fourth-order valence-corrected chi connectivity index (χ4v) is 10.2. The van der Waals surface area contributed by atoms with Gasteiger partial charge in [0.05, 0.1) is 55.3 Å². The van der Waals surface area contributed by atoms with E-state index in [9.17, 15) is 19.2 Å². The number of nitrogens with zero attached hydrogens (tertiary/aromatic N) is 4. The molecule has 0 unspecified atom stereocenters. The van der Waals surface area contributed by atoms with E-state index in [0.29, 0.717) is 50.7 Å². The molecule has 3 saturated heterocycles. The molecule has 0 aliphatic carbocycles. The fourth-order valence-electron chi connectivity index (χ4n) is 10.2. The Balaban J connectivity index is 0.960. The number of amides is 4. The first kappa shape index (κ1) is 43.1. The van der Waals surface area contributed by atoms with Crippen LogP contribution in [0.25, 0.3) is 44.2 Å². The molecule has 2 aromatic heterocycles. The lowest BCUT2D eigenvalue weighted by atomic mass is 9.90. The van der Waals surface area contributed by atoms with Gasteiger partial charge in [0.25, 0.3) is 0 Å². The third-order valence-electron chi connectivity index (χ3n) is 13.8. The van der Waals surface area contributed by atoms with Gasteiger partial charge >= 0.3 is 12.2 Å². The number of H-pyrrole nitrogens is 2. The van der Waals surface area contributed by atoms with Crippen molar-refractivity contribution in [3.05, 3.63) is 65.9 Å². The van der Waals surface area contributed by atoms with Crippen LogP contribution in [0.15, 0.2) is 48.7 Å². The second-order valence-electron chi connectivity index (χ2n) is 17.5. The highest BCUT2D eigenvalue weighted by Crippen LogP contribution is 2.44. The molecular formula is C47H56N8O9. The molecule has 0 saturated carbocycles. The van der Waals surface area contributed by atoms with Gasteiger partial charge in [0.1, 0.15) is 36.1 Å². The molecule has 3 fully saturated rings. The van der Waals surface area contributed by atoms with Gasteiger partial charge < -0.3 is 54.1 Å². The Labute approximate surface area is 370 Å². The summed E-state index contributed by atoms with van der Waals surface area (Å²) in [6.07, 6.45) is 4.31. The van der Waals surface area contributed by atoms with E-state index in [-0.39, 0.29) is 41.9 Å². The highest BCUT2D eigenvalue weighted by Gasteiger charge is 2.44. The van der Waals surface area contributed by atoms with Crippen LogP contribution in [0.2, 0.25) is 0 Å². The van der Waals surface area contributed by atoms with Gasteiger partial charge in [-0.15, -0.1) is 0 Å². The van der Waals surface area contributed by atoms with Crippen LogP contribution < -0.4 is 15.4 Å². The lowest BCUT2D eigenvalue weighted by Gasteiger charge is -2.36. The average Bonchev–Trinajstić information content (AvgIpc) is 4.14. The largest absolute Gasteiger partial charge is 0.488 e. The van der Waals surface area contributed by atoms with E-state index in [1.165, 1.54) is 21.3 Å². The summed E-state index contributed by atoms with van der Waals surface area (Å²) in [5.74, 6) is 1.70. The van der Waals surface area contributed by atoms with Crippen molar-refractivity contribution in [3.63, 3.8) is 0 Å². The highest BCUT2D eigenvalue weighted by molar-refractivity contribution is 6.07. The Kier molecular flexibility index (Phi) is 11.9. The van der Waals surface area contributed by atoms with E-state index in [0.717, 1.165) is 74.8 Å². The quantitative estimate of drug-likeness (QED) is 0.117. The molecule has 0 spiro atoms. The number of carbonyl (C=O) groups is 4. The van der Waals surface area contributed by atoms with Crippen molar-refractivity contribution in [3.8, 4) is 28.1 Å². The molecule has 0 radical (unpaired) electrons. The van der Waals surface area contributed by atoms with Crippen LogP contribution in [0.5, 0.6) is 5.75 Å². The minimum absolute atomic E-state index is 0.0324. The summed E-state index contributed by atoms with van der Waals surface area (Å²) < 4.78 is 27.2. The van der Waals surface area contributed by atoms with Gasteiger partial charge in [-0.25, -0.2) is 19.6 Å². The number of fused-ring (bicyclic) bond motifs is 6. The van der Waals surface area contributed by atoms with Crippen molar-refractivity contribution in [1.29, 1.82) is 0 Å². The summed E-state index contributed by atoms with van der Waals surface area (Å²) in [5, 5.41) is 7.47. The maximum absolute atomic E-state index is 14.3. The van der Waals surface area contributed by atoms with Crippen molar-refractivity contribution < 1.29 is 42.9 Å². The zero-order valence-electron chi connectivity index (χ0n) is 37.1. The van der Waals surface area contributed by atoms with Gasteiger partial charge in [-0.05, 0) is 112 Å². The van der Waals surface area contributed by atoms with Crippen LogP contribution in [-0.4, -0.2) is 119 Å². The van der Waals surface area contributed by atoms with Crippen molar-refractivity contribution in [2.75, 3.05) is 34.5 Å². The van der Waals surface area contributed by atoms with E-state index in [4.69, 9.17) is 33.7 Å². The Bertz CT molecular complexity index is 2590. The van der Waals surface area contributed by atoms with Gasteiger partial charge in [0, 0.05) is 43.4 Å². The minimum atomic E-state index is -0.936. The zero-order chi connectivity index (χ0) is 44.8. The first-order valence-corrected chi connectivity index (χ1v) is 22.2. The monoisotopic (exact) mass is 876 g/mol. The van der Waals surface area contributed by atoms with Gasteiger partial charge in [-0.3, -0.25) is 9.59 Å². The smallest absolute Gasteiger partial charge is 0.407 e. The van der Waals surface area contributed by atoms with E-state index >= 15 is 0 Å². The van der Waals surface area contributed by atoms with Crippen molar-refractivity contribution in [1.82, 2.24) is 40.4 Å². The lowest BCUT2D eigenvalue weighted by molar-refractivity contribution is -0.140. The topological polar surface area (TPSA) is 202 Å². The molecule has 3 aromatic carbocycles. The number of aromatic nitrogens is 4. The van der Waals surface area contributed by atoms with Crippen molar-refractivity contribution in [2.24, 2.45) is 5.92 Å². The first-order valence-electron chi connectivity index (χ1n) is 22.2. The molecular weight excluding hydrogens is 821 g/mol. The van der Waals surface area contributed by atoms with Crippen LogP contribution in [-0.2, 0) is 35.1 Å². The van der Waals surface area contributed by atoms with Gasteiger partial charge in [0.15, 0.2) is 0 Å². The SMILES string of the molecule is COC(=O)N[C@H](C(=O)N1[C@@H](C)CC[C@H]1c1ncc(-c2ccc3c(c2)COc2cc4c(ccc5nc([C@@H]6CC[C@H](C)N6C(=O)[C@@H](NC(=O)OC)[C@@H](C)OC)[nH]c54)cc2-3)[nH]1)C1CCOCC1. The van der Waals surface area contributed by atoms with Crippen LogP contribution >= 0.6 is 0 Å². The Hall–Kier alpha value is -6.20. The third kappa shape index (κ3) is 7.88. The second-order valence-corrected chi connectivity index (χ2v) is 17.5. The number of methoxy groups -OCH3 is 3. The summed E-state index contributed by atoms with van der Waals surface area (Å²) in [4.78, 5) is 73.6. The van der Waals surface area contributed by atoms with Crippen LogP contribution in [0.4, 0.5) is 9.59 Å². The number of benzene rings is 3. The zero-order valence-corrected chi connectivity index (χ0v) is 37.1. The molecule has 4 N–H and O–H groups in total. The van der Waals surface area contributed by atoms with Crippen LogP contribution in [0.3, 0.4) is 0 Å². The summed E-state index contributed by atoms with van der Waals surface area (Å²) in [7, 11) is 4.08. The molecule has 6 heterocycles. The third-order valence-corrected chi connectivity index (χ3v) is 13.8. The summed E-state index contributed by atoms with van der Waals surface area (Å²) in [6, 6.07) is 12.2. The second kappa shape index (κ2) is 17.8. The number of alkyl carbamates (subject to hydrolysis) is 2. The molecule has 7 atom stereocenters. The molecule has 5 aromatic rings. The van der Waals surface area contributed by atoms with Crippen LogP contribution in [0, 0.1) is 5.92 Å². The van der Waals surface area contributed by atoms with Crippen molar-refractivity contribution in [2.45, 2.75) is 108 Å². The van der Waals surface area contributed by atoms with Crippen LogP contribution in [0.1, 0.15) is 88.6 Å². The number of ether oxygens (including phenoxy) is 5. The number of imidazole rings is 2. The minimum Gasteiger partial charge on any atom is -0.488 e. The number of likely N-dealkylation sites (tertiary alicyclic amines) is 2. The molecule has 17 heteroatoms. The molecule has 0 bridgehead atoms. The van der Waals surface area contributed by atoms with E-state index in [1.54, 1.807) is 11.8 Å². The summed E-state index contributed by atoms with van der Waals surface area (Å²) >= 11 is 0. The Morgan fingerprint density at radius 1 is 0.797 bits per heavy atom. The number of aromatic amines is 2. The van der Waals surface area contributed by atoms with Gasteiger partial charge in [-0.2, -0.15) is 0 Å². The maximum atomic E-state index is 14.3. The molecule has 4 aliphatic rings. The van der Waals surface area contributed by atoms with E-state index in [2.05, 4.69) is 57.0 Å². The first-order chi connectivity index (χ1) is 31.0. The van der Waals surface area contributed by atoms with E-state index < -0.39 is 30.4 Å². The predicted molar refractivity (Wildman–Crippen MR) is 236 cm³/mol. The highest BCUT2D eigenvalue weighted by atomic mass is 16.5. The molecule has 338 valence electrons. The molecule has 64 heavy (non-hydrogen) atoms.